The number of hydrogen-bond donors (Lipinski definition) is 2. The predicted octanol–water partition coefficient (Wildman–Crippen LogP) is 1.33. The fraction of sp³-hybridized carbons (Fsp3) is 0.143. The number of anilines is 1. The van der Waals surface area contributed by atoms with E-state index < -0.39 is 16.0 Å². The Hall–Kier alpha value is 0.410. The van der Waals surface area contributed by atoms with Gasteiger partial charge in [-0.2, -0.15) is 8.42 Å². The Morgan fingerprint density at radius 3 is 2.21 bits per heavy atom. The maximum absolute atomic E-state index is 10.4. The van der Waals surface area contributed by atoms with Crippen molar-refractivity contribution in [3.63, 3.8) is 0 Å². The molecular weight excluding hydrogens is 281 g/mol. The van der Waals surface area contributed by atoms with E-state index in [1.165, 1.54) is 0 Å². The van der Waals surface area contributed by atoms with Crippen molar-refractivity contribution in [3.8, 4) is 0 Å². The van der Waals surface area contributed by atoms with Crippen molar-refractivity contribution < 1.29 is 13.0 Å². The SMILES string of the molecule is O=S(=O)(O)CNc1ccc(Br)cc1.[Na]. The van der Waals surface area contributed by atoms with Crippen LogP contribution in [-0.2, 0) is 10.1 Å². The second-order valence-corrected chi connectivity index (χ2v) is 4.78. The zero-order valence-corrected chi connectivity index (χ0v) is 12.0. The van der Waals surface area contributed by atoms with Crippen LogP contribution in [0.4, 0.5) is 5.69 Å². The van der Waals surface area contributed by atoms with Crippen LogP contribution in [0.25, 0.3) is 0 Å². The van der Waals surface area contributed by atoms with Crippen molar-refractivity contribution in [2.45, 2.75) is 0 Å². The predicted molar refractivity (Wildman–Crippen MR) is 59.9 cm³/mol. The minimum atomic E-state index is -3.96. The largest absolute Gasteiger partial charge is 0.370 e. The Balaban J connectivity index is 0.00000169. The molecule has 4 nitrogen and oxygen atoms in total. The second-order valence-electron chi connectivity index (χ2n) is 2.41. The number of rotatable bonds is 3. The molecule has 1 aromatic carbocycles. The normalized spacial score (nSPS) is 10.4. The molecule has 0 aliphatic carbocycles. The van der Waals surface area contributed by atoms with Crippen LogP contribution >= 0.6 is 15.9 Å². The summed E-state index contributed by atoms with van der Waals surface area (Å²) in [6, 6.07) is 6.95. The van der Waals surface area contributed by atoms with Gasteiger partial charge in [0.15, 0.2) is 0 Å². The van der Waals surface area contributed by atoms with Crippen molar-refractivity contribution in [1.82, 2.24) is 0 Å². The van der Waals surface area contributed by atoms with E-state index in [0.717, 1.165) is 4.47 Å². The van der Waals surface area contributed by atoms with E-state index >= 15 is 0 Å². The molecule has 14 heavy (non-hydrogen) atoms. The summed E-state index contributed by atoms with van der Waals surface area (Å²) in [4.78, 5) is 0. The van der Waals surface area contributed by atoms with E-state index in [-0.39, 0.29) is 29.6 Å². The van der Waals surface area contributed by atoms with Gasteiger partial charge in [-0.3, -0.25) is 4.55 Å². The number of halogens is 1. The smallest absolute Gasteiger partial charge is 0.283 e. The van der Waals surface area contributed by atoms with Gasteiger partial charge in [-0.15, -0.1) is 0 Å². The second kappa shape index (κ2) is 6.09. The molecule has 0 aliphatic heterocycles. The molecule has 0 unspecified atom stereocenters. The summed E-state index contributed by atoms with van der Waals surface area (Å²) in [6.07, 6.45) is 0. The van der Waals surface area contributed by atoms with Crippen LogP contribution in [0.15, 0.2) is 28.7 Å². The average molecular weight is 289 g/mol. The Bertz CT molecular complexity index is 378. The fourth-order valence-corrected chi connectivity index (χ4v) is 1.36. The van der Waals surface area contributed by atoms with Gasteiger partial charge in [0.05, 0.1) is 0 Å². The zero-order chi connectivity index (χ0) is 9.90. The Labute approximate surface area is 113 Å². The van der Waals surface area contributed by atoms with Crippen molar-refractivity contribution in [2.24, 2.45) is 0 Å². The Morgan fingerprint density at radius 2 is 1.79 bits per heavy atom. The minimum Gasteiger partial charge on any atom is -0.370 e. The molecule has 0 aromatic heterocycles. The molecule has 0 saturated heterocycles. The third-order valence-electron chi connectivity index (χ3n) is 1.30. The van der Waals surface area contributed by atoms with E-state index in [1.54, 1.807) is 24.3 Å². The minimum absolute atomic E-state index is 0. The molecule has 0 amide bonds. The summed E-state index contributed by atoms with van der Waals surface area (Å²) in [7, 11) is -3.96. The van der Waals surface area contributed by atoms with Crippen LogP contribution in [0.1, 0.15) is 0 Å². The van der Waals surface area contributed by atoms with Crippen molar-refractivity contribution in [2.75, 3.05) is 11.2 Å². The van der Waals surface area contributed by atoms with Crippen molar-refractivity contribution in [1.29, 1.82) is 0 Å². The first-order valence-corrected chi connectivity index (χ1v) is 5.82. The van der Waals surface area contributed by atoms with Gasteiger partial charge in [-0.1, -0.05) is 15.9 Å². The van der Waals surface area contributed by atoms with Crippen LogP contribution in [0.5, 0.6) is 0 Å². The van der Waals surface area contributed by atoms with Crippen LogP contribution in [-0.4, -0.2) is 48.4 Å². The first-order chi connectivity index (χ1) is 5.97. The molecule has 0 bridgehead atoms. The third-order valence-corrected chi connectivity index (χ3v) is 2.34. The number of benzene rings is 1. The van der Waals surface area contributed by atoms with Gasteiger partial charge < -0.3 is 5.32 Å². The average Bonchev–Trinajstić information content (AvgIpc) is 2.02. The van der Waals surface area contributed by atoms with Gasteiger partial charge in [-0.25, -0.2) is 0 Å². The molecule has 1 radical (unpaired) electrons. The maximum atomic E-state index is 10.4. The molecule has 2 N–H and O–H groups in total. The van der Waals surface area contributed by atoms with Crippen LogP contribution in [0.3, 0.4) is 0 Å². The van der Waals surface area contributed by atoms with Gasteiger partial charge in [0.2, 0.25) is 0 Å². The summed E-state index contributed by atoms with van der Waals surface area (Å²) < 4.78 is 30.1. The van der Waals surface area contributed by atoms with Gasteiger partial charge in [0.1, 0.15) is 5.88 Å². The van der Waals surface area contributed by atoms with Crippen molar-refractivity contribution >= 4 is 61.3 Å². The van der Waals surface area contributed by atoms with E-state index in [2.05, 4.69) is 21.2 Å². The van der Waals surface area contributed by atoms with E-state index in [0.29, 0.717) is 5.69 Å². The Kier molecular flexibility index (Phi) is 6.27. The molecule has 0 spiro atoms. The monoisotopic (exact) mass is 288 g/mol. The summed E-state index contributed by atoms with van der Waals surface area (Å²) in [5, 5.41) is 2.55. The molecule has 0 atom stereocenters. The van der Waals surface area contributed by atoms with Crippen LogP contribution < -0.4 is 5.32 Å². The summed E-state index contributed by atoms with van der Waals surface area (Å²) >= 11 is 3.24. The van der Waals surface area contributed by atoms with E-state index in [1.807, 2.05) is 0 Å². The molecule has 73 valence electrons. The molecule has 7 heteroatoms. The standard InChI is InChI=1S/C7H8BrNO3S.Na/c8-6-1-3-7(4-2-6)9-5-13(10,11)12;/h1-4,9H,5H2,(H,10,11,12);. The molecule has 0 aliphatic rings. The Morgan fingerprint density at radius 1 is 1.29 bits per heavy atom. The molecule has 1 aromatic rings. The van der Waals surface area contributed by atoms with Crippen molar-refractivity contribution in [3.05, 3.63) is 28.7 Å². The zero-order valence-electron chi connectivity index (χ0n) is 7.57. The summed E-state index contributed by atoms with van der Waals surface area (Å²) in [6.45, 7) is 0. The van der Waals surface area contributed by atoms with Gasteiger partial charge in [-0.05, 0) is 24.3 Å². The van der Waals surface area contributed by atoms with E-state index in [4.69, 9.17) is 4.55 Å². The molecular formula is C7H8BrNNaO3S. The van der Waals surface area contributed by atoms with Gasteiger partial charge in [0, 0.05) is 39.7 Å². The van der Waals surface area contributed by atoms with Gasteiger partial charge in [0.25, 0.3) is 10.1 Å². The molecule has 0 heterocycles. The number of hydrogen-bond acceptors (Lipinski definition) is 3. The van der Waals surface area contributed by atoms with E-state index in [9.17, 15) is 8.42 Å². The molecule has 0 saturated carbocycles. The van der Waals surface area contributed by atoms with Gasteiger partial charge >= 0.3 is 0 Å². The van der Waals surface area contributed by atoms with Crippen LogP contribution in [0.2, 0.25) is 0 Å². The topological polar surface area (TPSA) is 66.4 Å². The summed E-state index contributed by atoms with van der Waals surface area (Å²) in [5.41, 5.74) is 0.640. The molecule has 1 rings (SSSR count). The first-order valence-electron chi connectivity index (χ1n) is 3.42. The molecule has 0 fully saturated rings. The number of nitrogens with one attached hydrogen (secondary N) is 1. The summed E-state index contributed by atoms with van der Waals surface area (Å²) in [5.74, 6) is -0.478. The quantitative estimate of drug-likeness (QED) is 0.650. The first kappa shape index (κ1) is 14.4. The van der Waals surface area contributed by atoms with Crippen LogP contribution in [0, 0.1) is 0 Å². The maximum Gasteiger partial charge on any atom is 0.283 e. The fourth-order valence-electron chi connectivity index (χ4n) is 0.742. The third kappa shape index (κ3) is 6.00.